The molecule has 0 aromatic rings. The van der Waals surface area contributed by atoms with Gasteiger partial charge in [0.2, 0.25) is 0 Å². The van der Waals surface area contributed by atoms with Gasteiger partial charge in [-0.15, -0.1) is 0 Å². The predicted octanol–water partition coefficient (Wildman–Crippen LogP) is -0.434. The highest BCUT2D eigenvalue weighted by atomic mass is 15.1. The van der Waals surface area contributed by atoms with Crippen LogP contribution in [0, 0.1) is 0 Å². The lowest BCUT2D eigenvalue weighted by Gasteiger charge is -2.34. The molecule has 0 unspecified atom stereocenters. The summed E-state index contributed by atoms with van der Waals surface area (Å²) in [5.74, 6) is 0. The molecule has 1 rings (SSSR count). The minimum absolute atomic E-state index is 0.685. The predicted molar refractivity (Wildman–Crippen MR) is 30.3 cm³/mol. The van der Waals surface area contributed by atoms with Crippen LogP contribution in [0.3, 0.4) is 0 Å². The van der Waals surface area contributed by atoms with Gasteiger partial charge in [-0.25, -0.2) is 0 Å². The molecule has 0 aromatic carbocycles. The Morgan fingerprint density at radius 3 is 2.43 bits per heavy atom. The van der Waals surface area contributed by atoms with Crippen LogP contribution in [0.15, 0.2) is 0 Å². The number of rotatable bonds is 1. The summed E-state index contributed by atoms with van der Waals surface area (Å²) in [4.78, 5) is 0. The summed E-state index contributed by atoms with van der Waals surface area (Å²) in [7, 11) is 2.00. The van der Waals surface area contributed by atoms with Crippen molar-refractivity contribution in [2.75, 3.05) is 13.6 Å². The fraction of sp³-hybridized carbons (Fsp3) is 1.00. The van der Waals surface area contributed by atoms with Crippen molar-refractivity contribution in [3.8, 4) is 0 Å². The second-order valence-electron chi connectivity index (χ2n) is 2.09. The molecule has 7 heavy (non-hydrogen) atoms. The Balaban J connectivity index is 2.16. The Morgan fingerprint density at radius 1 is 1.71 bits per heavy atom. The van der Waals surface area contributed by atoms with E-state index >= 15 is 0 Å². The van der Waals surface area contributed by atoms with E-state index in [9.17, 15) is 0 Å². The molecule has 0 saturated carbocycles. The molecule has 0 radical (unpaired) electrons. The standard InChI is InChI=1S/C5H12N2/c1-4-5(6-2)3-7-4/h4-7H,3H2,1-2H3/t4-,5+/m1/s1. The fourth-order valence-corrected chi connectivity index (χ4v) is 0.823. The van der Waals surface area contributed by atoms with E-state index in [4.69, 9.17) is 0 Å². The van der Waals surface area contributed by atoms with Crippen LogP contribution in [0.2, 0.25) is 0 Å². The van der Waals surface area contributed by atoms with Gasteiger partial charge in [-0.3, -0.25) is 0 Å². The molecular weight excluding hydrogens is 88.1 g/mol. The van der Waals surface area contributed by atoms with E-state index in [1.165, 1.54) is 0 Å². The summed E-state index contributed by atoms with van der Waals surface area (Å²) in [5, 5.41) is 6.44. The third kappa shape index (κ3) is 0.763. The van der Waals surface area contributed by atoms with Crippen LogP contribution in [0.4, 0.5) is 0 Å². The maximum absolute atomic E-state index is 3.25. The molecule has 0 aliphatic carbocycles. The third-order valence-corrected chi connectivity index (χ3v) is 1.63. The zero-order valence-corrected chi connectivity index (χ0v) is 4.86. The smallest absolute Gasteiger partial charge is 0.0341 e. The van der Waals surface area contributed by atoms with Gasteiger partial charge in [-0.1, -0.05) is 0 Å². The molecule has 2 nitrogen and oxygen atoms in total. The van der Waals surface area contributed by atoms with Crippen molar-refractivity contribution >= 4 is 0 Å². The highest BCUT2D eigenvalue weighted by Crippen LogP contribution is 1.99. The average Bonchev–Trinajstić information content (AvgIpc) is 1.65. The monoisotopic (exact) mass is 100 g/mol. The summed E-state index contributed by atoms with van der Waals surface area (Å²) in [6.45, 7) is 3.32. The van der Waals surface area contributed by atoms with Gasteiger partial charge in [0, 0.05) is 18.6 Å². The van der Waals surface area contributed by atoms with Crippen LogP contribution in [0.1, 0.15) is 6.92 Å². The first kappa shape index (κ1) is 5.06. The van der Waals surface area contributed by atoms with Gasteiger partial charge in [-0.05, 0) is 14.0 Å². The molecule has 0 amide bonds. The van der Waals surface area contributed by atoms with Crippen LogP contribution >= 0.6 is 0 Å². The van der Waals surface area contributed by atoms with Gasteiger partial charge in [0.1, 0.15) is 0 Å². The largest absolute Gasteiger partial charge is 0.314 e. The molecule has 1 saturated heterocycles. The van der Waals surface area contributed by atoms with E-state index in [1.807, 2.05) is 7.05 Å². The van der Waals surface area contributed by atoms with Crippen molar-refractivity contribution in [2.45, 2.75) is 19.0 Å². The first-order valence-corrected chi connectivity index (χ1v) is 2.75. The lowest BCUT2D eigenvalue weighted by molar-refractivity contribution is 0.293. The second kappa shape index (κ2) is 1.80. The lowest BCUT2D eigenvalue weighted by Crippen LogP contribution is -2.61. The van der Waals surface area contributed by atoms with Crippen molar-refractivity contribution in [1.82, 2.24) is 10.6 Å². The zero-order valence-electron chi connectivity index (χ0n) is 4.86. The normalized spacial score (nSPS) is 40.3. The van der Waals surface area contributed by atoms with Gasteiger partial charge < -0.3 is 10.6 Å². The van der Waals surface area contributed by atoms with Crippen LogP contribution in [-0.4, -0.2) is 25.7 Å². The highest BCUT2D eigenvalue weighted by Gasteiger charge is 2.22. The van der Waals surface area contributed by atoms with E-state index in [0.717, 1.165) is 12.6 Å². The third-order valence-electron chi connectivity index (χ3n) is 1.63. The molecule has 0 bridgehead atoms. The maximum Gasteiger partial charge on any atom is 0.0341 e. The Labute approximate surface area is 44.3 Å². The number of nitrogens with one attached hydrogen (secondary N) is 2. The number of likely N-dealkylation sites (N-methyl/N-ethyl adjacent to an activating group) is 1. The molecule has 0 aromatic heterocycles. The van der Waals surface area contributed by atoms with Crippen molar-refractivity contribution in [3.05, 3.63) is 0 Å². The summed E-state index contributed by atoms with van der Waals surface area (Å²) in [5.41, 5.74) is 0. The van der Waals surface area contributed by atoms with Gasteiger partial charge in [0.15, 0.2) is 0 Å². The Bertz CT molecular complexity index is 61.1. The van der Waals surface area contributed by atoms with E-state index < -0.39 is 0 Å². The maximum atomic E-state index is 3.25. The van der Waals surface area contributed by atoms with Crippen LogP contribution < -0.4 is 10.6 Å². The molecule has 42 valence electrons. The van der Waals surface area contributed by atoms with Crippen molar-refractivity contribution in [2.24, 2.45) is 0 Å². The first-order valence-electron chi connectivity index (χ1n) is 2.75. The summed E-state index contributed by atoms with van der Waals surface area (Å²) in [6, 6.07) is 1.41. The topological polar surface area (TPSA) is 24.1 Å². The SMILES string of the molecule is CN[C@H]1CN[C@@H]1C. The fourth-order valence-electron chi connectivity index (χ4n) is 0.823. The average molecular weight is 100 g/mol. The van der Waals surface area contributed by atoms with Crippen molar-refractivity contribution in [1.29, 1.82) is 0 Å². The van der Waals surface area contributed by atoms with E-state index in [0.29, 0.717) is 6.04 Å². The van der Waals surface area contributed by atoms with Gasteiger partial charge in [0.25, 0.3) is 0 Å². The highest BCUT2D eigenvalue weighted by molar-refractivity contribution is 4.89. The lowest BCUT2D eigenvalue weighted by atomic mass is 10.0. The van der Waals surface area contributed by atoms with Gasteiger partial charge in [-0.2, -0.15) is 0 Å². The molecule has 2 atom stereocenters. The molecule has 2 N–H and O–H groups in total. The molecule has 1 heterocycles. The van der Waals surface area contributed by atoms with Crippen molar-refractivity contribution in [3.63, 3.8) is 0 Å². The minimum Gasteiger partial charge on any atom is -0.314 e. The molecular formula is C5H12N2. The van der Waals surface area contributed by atoms with Gasteiger partial charge in [0.05, 0.1) is 0 Å². The van der Waals surface area contributed by atoms with Gasteiger partial charge >= 0.3 is 0 Å². The van der Waals surface area contributed by atoms with E-state index in [2.05, 4.69) is 17.6 Å². The summed E-state index contributed by atoms with van der Waals surface area (Å²) < 4.78 is 0. The molecule has 0 spiro atoms. The van der Waals surface area contributed by atoms with Crippen LogP contribution in [0.5, 0.6) is 0 Å². The zero-order chi connectivity index (χ0) is 5.28. The second-order valence-corrected chi connectivity index (χ2v) is 2.09. The first-order chi connectivity index (χ1) is 3.34. The van der Waals surface area contributed by atoms with Crippen molar-refractivity contribution < 1.29 is 0 Å². The summed E-state index contributed by atoms with van der Waals surface area (Å²) in [6.07, 6.45) is 0. The Morgan fingerprint density at radius 2 is 2.43 bits per heavy atom. The number of hydrogen-bond donors (Lipinski definition) is 2. The molecule has 1 aliphatic rings. The molecule has 1 fully saturated rings. The quantitative estimate of drug-likeness (QED) is 0.467. The van der Waals surface area contributed by atoms with Crippen LogP contribution in [0.25, 0.3) is 0 Å². The molecule has 1 aliphatic heterocycles. The Hall–Kier alpha value is -0.0800. The van der Waals surface area contributed by atoms with E-state index in [1.54, 1.807) is 0 Å². The molecule has 2 heteroatoms. The minimum atomic E-state index is 0.685. The number of hydrogen-bond acceptors (Lipinski definition) is 2. The summed E-state index contributed by atoms with van der Waals surface area (Å²) >= 11 is 0. The Kier molecular flexibility index (Phi) is 1.30. The van der Waals surface area contributed by atoms with E-state index in [-0.39, 0.29) is 0 Å². The van der Waals surface area contributed by atoms with Crippen LogP contribution in [-0.2, 0) is 0 Å².